The average Bonchev–Trinajstić information content (AvgIpc) is 3.20. The van der Waals surface area contributed by atoms with Crippen LogP contribution < -0.4 is 0 Å². The highest BCUT2D eigenvalue weighted by Gasteiger charge is 2.36. The standard InChI is InChI=1S/C20H24N4O3/c1-4-5-11-24-15(14-9-7-6-8-10-14)12-16(23-24)21-22-17-18(25)19(13(2)3)27-20(17)26/h6-10,12-13,19,25H,4-5,11H2,1-3H3. The molecule has 0 saturated carbocycles. The first-order chi connectivity index (χ1) is 13.0. The normalized spacial score (nSPS) is 17.3. The highest BCUT2D eigenvalue weighted by atomic mass is 16.6. The number of hydrogen-bond acceptors (Lipinski definition) is 6. The fraction of sp³-hybridized carbons (Fsp3) is 0.400. The summed E-state index contributed by atoms with van der Waals surface area (Å²) in [5, 5.41) is 22.7. The lowest BCUT2D eigenvalue weighted by Crippen LogP contribution is -2.18. The number of rotatable bonds is 7. The topological polar surface area (TPSA) is 89.1 Å². The molecule has 0 saturated heterocycles. The average molecular weight is 368 g/mol. The molecule has 0 fully saturated rings. The van der Waals surface area contributed by atoms with Crippen molar-refractivity contribution in [3.63, 3.8) is 0 Å². The zero-order valence-corrected chi connectivity index (χ0v) is 15.8. The molecule has 0 bridgehead atoms. The Labute approximate surface area is 158 Å². The van der Waals surface area contributed by atoms with E-state index in [2.05, 4.69) is 22.3 Å². The lowest BCUT2D eigenvalue weighted by molar-refractivity contribution is -0.141. The van der Waals surface area contributed by atoms with Gasteiger partial charge in [0.25, 0.3) is 0 Å². The summed E-state index contributed by atoms with van der Waals surface area (Å²) in [6, 6.07) is 11.7. The summed E-state index contributed by atoms with van der Waals surface area (Å²) in [6.45, 7) is 6.60. The van der Waals surface area contributed by atoms with Crippen molar-refractivity contribution in [1.29, 1.82) is 0 Å². The summed E-state index contributed by atoms with van der Waals surface area (Å²) in [5.74, 6) is -0.498. The maximum atomic E-state index is 11.9. The van der Waals surface area contributed by atoms with E-state index in [0.29, 0.717) is 5.82 Å². The van der Waals surface area contributed by atoms with E-state index in [0.717, 1.165) is 30.6 Å². The first-order valence-corrected chi connectivity index (χ1v) is 9.20. The number of unbranched alkanes of at least 4 members (excludes halogenated alkanes) is 1. The molecule has 142 valence electrons. The van der Waals surface area contributed by atoms with Crippen LogP contribution >= 0.6 is 0 Å². The van der Waals surface area contributed by atoms with E-state index in [1.54, 1.807) is 0 Å². The van der Waals surface area contributed by atoms with Crippen LogP contribution in [0.4, 0.5) is 5.82 Å². The maximum absolute atomic E-state index is 11.9. The number of aryl methyl sites for hydroxylation is 1. The maximum Gasteiger partial charge on any atom is 0.363 e. The Hall–Kier alpha value is -2.96. The van der Waals surface area contributed by atoms with Gasteiger partial charge < -0.3 is 9.84 Å². The van der Waals surface area contributed by atoms with Gasteiger partial charge in [0.2, 0.25) is 5.70 Å². The van der Waals surface area contributed by atoms with Crippen LogP contribution in [0.15, 0.2) is 58.1 Å². The fourth-order valence-electron chi connectivity index (χ4n) is 2.88. The van der Waals surface area contributed by atoms with Gasteiger partial charge in [0, 0.05) is 12.6 Å². The number of azo groups is 1. The van der Waals surface area contributed by atoms with Crippen LogP contribution in [0.5, 0.6) is 0 Å². The van der Waals surface area contributed by atoms with Crippen molar-refractivity contribution in [1.82, 2.24) is 9.78 Å². The van der Waals surface area contributed by atoms with E-state index >= 15 is 0 Å². The van der Waals surface area contributed by atoms with Crippen LogP contribution in [0.25, 0.3) is 11.3 Å². The number of aliphatic hydroxyl groups excluding tert-OH is 1. The number of esters is 1. The van der Waals surface area contributed by atoms with Crippen molar-refractivity contribution < 1.29 is 14.6 Å². The van der Waals surface area contributed by atoms with Crippen molar-refractivity contribution in [3.05, 3.63) is 47.9 Å². The molecule has 7 heteroatoms. The van der Waals surface area contributed by atoms with E-state index in [9.17, 15) is 9.90 Å². The summed E-state index contributed by atoms with van der Waals surface area (Å²) in [6.07, 6.45) is 1.37. The van der Waals surface area contributed by atoms with Crippen molar-refractivity contribution in [2.24, 2.45) is 16.1 Å². The Morgan fingerprint density at radius 1 is 1.26 bits per heavy atom. The number of benzene rings is 1. The van der Waals surface area contributed by atoms with Crippen molar-refractivity contribution in [2.75, 3.05) is 0 Å². The van der Waals surface area contributed by atoms with Gasteiger partial charge in [-0.15, -0.1) is 10.2 Å². The number of aliphatic hydroxyl groups is 1. The molecule has 0 amide bonds. The van der Waals surface area contributed by atoms with Crippen LogP contribution in [0.3, 0.4) is 0 Å². The molecule has 3 rings (SSSR count). The van der Waals surface area contributed by atoms with Crippen LogP contribution in [0.1, 0.15) is 33.6 Å². The van der Waals surface area contributed by atoms with Gasteiger partial charge in [-0.3, -0.25) is 4.68 Å². The molecule has 2 heterocycles. The Bertz CT molecular complexity index is 869. The van der Waals surface area contributed by atoms with Crippen molar-refractivity contribution >= 4 is 11.8 Å². The predicted octanol–water partition coefficient (Wildman–Crippen LogP) is 4.78. The van der Waals surface area contributed by atoms with Gasteiger partial charge >= 0.3 is 5.97 Å². The minimum atomic E-state index is -0.673. The Kier molecular flexibility index (Phi) is 5.69. The van der Waals surface area contributed by atoms with Gasteiger partial charge in [-0.25, -0.2) is 4.79 Å². The van der Waals surface area contributed by atoms with Gasteiger partial charge in [0.1, 0.15) is 0 Å². The van der Waals surface area contributed by atoms with Crippen LogP contribution in [-0.4, -0.2) is 27.0 Å². The van der Waals surface area contributed by atoms with E-state index in [4.69, 9.17) is 4.74 Å². The van der Waals surface area contributed by atoms with Gasteiger partial charge in [0.05, 0.1) is 5.69 Å². The summed E-state index contributed by atoms with van der Waals surface area (Å²) in [5.41, 5.74) is 1.81. The molecule has 0 spiro atoms. The Morgan fingerprint density at radius 3 is 2.63 bits per heavy atom. The molecular weight excluding hydrogens is 344 g/mol. The molecule has 0 aliphatic carbocycles. The number of carbonyl (C=O) groups excluding carboxylic acids is 1. The van der Waals surface area contributed by atoms with E-state index < -0.39 is 12.1 Å². The molecular formula is C20H24N4O3. The number of ether oxygens (including phenoxy) is 1. The van der Waals surface area contributed by atoms with E-state index in [-0.39, 0.29) is 17.4 Å². The summed E-state index contributed by atoms with van der Waals surface area (Å²) < 4.78 is 7.04. The Morgan fingerprint density at radius 2 is 2.00 bits per heavy atom. The zero-order chi connectivity index (χ0) is 19.4. The molecule has 1 aliphatic heterocycles. The molecule has 1 aliphatic rings. The van der Waals surface area contributed by atoms with Gasteiger partial charge in [-0.2, -0.15) is 5.10 Å². The molecule has 1 aromatic heterocycles. The third-order valence-electron chi connectivity index (χ3n) is 4.36. The fourth-order valence-corrected chi connectivity index (χ4v) is 2.88. The third-order valence-corrected chi connectivity index (χ3v) is 4.36. The molecule has 1 aromatic carbocycles. The summed E-state index contributed by atoms with van der Waals surface area (Å²) in [4.78, 5) is 11.9. The number of cyclic esters (lactones) is 1. The minimum Gasteiger partial charge on any atom is -0.506 e. The molecule has 1 N–H and O–H groups in total. The van der Waals surface area contributed by atoms with Gasteiger partial charge in [0.15, 0.2) is 17.7 Å². The second-order valence-corrected chi connectivity index (χ2v) is 6.83. The molecule has 27 heavy (non-hydrogen) atoms. The highest BCUT2D eigenvalue weighted by molar-refractivity contribution is 5.91. The van der Waals surface area contributed by atoms with Gasteiger partial charge in [-0.05, 0) is 17.9 Å². The summed E-state index contributed by atoms with van der Waals surface area (Å²) >= 11 is 0. The van der Waals surface area contributed by atoms with Crippen LogP contribution in [-0.2, 0) is 16.1 Å². The second-order valence-electron chi connectivity index (χ2n) is 6.83. The largest absolute Gasteiger partial charge is 0.506 e. The first kappa shape index (κ1) is 18.8. The van der Waals surface area contributed by atoms with Crippen molar-refractivity contribution in [3.8, 4) is 11.3 Å². The molecule has 1 unspecified atom stereocenters. The smallest absolute Gasteiger partial charge is 0.363 e. The third kappa shape index (κ3) is 4.07. The lowest BCUT2D eigenvalue weighted by atomic mass is 10.1. The lowest BCUT2D eigenvalue weighted by Gasteiger charge is -2.12. The number of aromatic nitrogens is 2. The van der Waals surface area contributed by atoms with E-state index in [1.807, 2.05) is 54.9 Å². The van der Waals surface area contributed by atoms with Crippen molar-refractivity contribution in [2.45, 2.75) is 46.3 Å². The number of hydrogen-bond donors (Lipinski definition) is 1. The molecule has 2 aromatic rings. The quantitative estimate of drug-likeness (QED) is 0.562. The molecule has 0 radical (unpaired) electrons. The first-order valence-electron chi connectivity index (χ1n) is 9.20. The number of carbonyl (C=O) groups is 1. The monoisotopic (exact) mass is 368 g/mol. The number of nitrogens with zero attached hydrogens (tertiary/aromatic N) is 4. The molecule has 1 atom stereocenters. The minimum absolute atomic E-state index is 0.0421. The highest BCUT2D eigenvalue weighted by Crippen LogP contribution is 2.29. The zero-order valence-electron chi connectivity index (χ0n) is 15.8. The second kappa shape index (κ2) is 8.16. The predicted molar refractivity (Wildman–Crippen MR) is 101 cm³/mol. The SMILES string of the molecule is CCCCn1nc(N=NC2=C(O)C(C(C)C)OC2=O)cc1-c1ccccc1. The van der Waals surface area contributed by atoms with Gasteiger partial charge in [-0.1, -0.05) is 57.5 Å². The van der Waals surface area contributed by atoms with E-state index in [1.165, 1.54) is 0 Å². The molecule has 7 nitrogen and oxygen atoms in total. The Balaban J connectivity index is 1.90. The van der Waals surface area contributed by atoms with Crippen LogP contribution in [0.2, 0.25) is 0 Å². The van der Waals surface area contributed by atoms with Crippen LogP contribution in [0, 0.1) is 5.92 Å². The summed E-state index contributed by atoms with van der Waals surface area (Å²) in [7, 11) is 0.